The highest BCUT2D eigenvalue weighted by Crippen LogP contribution is 2.31. The number of amides is 1. The van der Waals surface area contributed by atoms with Crippen LogP contribution in [-0.2, 0) is 20.7 Å². The summed E-state index contributed by atoms with van der Waals surface area (Å²) in [6, 6.07) is 10.4. The molecule has 1 amide bonds. The molecule has 0 aromatic heterocycles. The number of aliphatic hydroxyl groups is 1. The molecule has 2 heterocycles. The Morgan fingerprint density at radius 1 is 1.14 bits per heavy atom. The Bertz CT molecular complexity index is 681. The highest BCUT2D eigenvalue weighted by atomic mass is 16.7. The fourth-order valence-corrected chi connectivity index (χ4v) is 4.33. The van der Waals surface area contributed by atoms with Crippen LogP contribution in [0.15, 0.2) is 42.4 Å². The minimum atomic E-state index is -1.25. The number of hydrogen-bond acceptors (Lipinski definition) is 5. The van der Waals surface area contributed by atoms with E-state index in [-0.39, 0.29) is 19.1 Å². The van der Waals surface area contributed by atoms with E-state index >= 15 is 0 Å². The van der Waals surface area contributed by atoms with Gasteiger partial charge in [-0.05, 0) is 24.8 Å². The van der Waals surface area contributed by atoms with E-state index in [1.165, 1.54) is 6.26 Å². The van der Waals surface area contributed by atoms with E-state index in [1.807, 2.05) is 35.2 Å². The van der Waals surface area contributed by atoms with Crippen molar-refractivity contribution in [1.29, 1.82) is 0 Å². The van der Waals surface area contributed by atoms with Gasteiger partial charge in [0.05, 0.1) is 0 Å². The standard InChI is InChI=1S/C23H34N2O4/c1-3-20(4-2)24-12-14-25(15-13-24)22(26)10-11-23(27,21-17-28-18-29-21)16-19-8-6-5-7-9-19/h5-9,17,20,27H,3-4,10-16,18H2,1-2H3. The van der Waals surface area contributed by atoms with Crippen LogP contribution in [0.3, 0.4) is 0 Å². The lowest BCUT2D eigenvalue weighted by Crippen LogP contribution is -2.52. The molecule has 1 aromatic rings. The summed E-state index contributed by atoms with van der Waals surface area (Å²) in [6.07, 6.45) is 4.75. The number of benzene rings is 1. The first-order valence-corrected chi connectivity index (χ1v) is 10.8. The first-order chi connectivity index (χ1) is 14.1. The quantitative estimate of drug-likeness (QED) is 0.688. The van der Waals surface area contributed by atoms with Gasteiger partial charge in [-0.2, -0.15) is 0 Å². The molecule has 6 heteroatoms. The first-order valence-electron chi connectivity index (χ1n) is 10.8. The summed E-state index contributed by atoms with van der Waals surface area (Å²) in [5.41, 5.74) is -0.247. The summed E-state index contributed by atoms with van der Waals surface area (Å²) in [4.78, 5) is 17.3. The van der Waals surface area contributed by atoms with E-state index in [4.69, 9.17) is 9.47 Å². The van der Waals surface area contributed by atoms with E-state index in [9.17, 15) is 9.90 Å². The second-order valence-electron chi connectivity index (χ2n) is 7.99. The number of carbonyl (C=O) groups excluding carboxylic acids is 1. The highest BCUT2D eigenvalue weighted by Gasteiger charge is 2.37. The Hall–Kier alpha value is -2.05. The normalized spacial score (nSPS) is 19.4. The first kappa shape index (κ1) is 21.7. The van der Waals surface area contributed by atoms with Crippen LogP contribution in [0.25, 0.3) is 0 Å². The van der Waals surface area contributed by atoms with Gasteiger partial charge in [-0.25, -0.2) is 0 Å². The van der Waals surface area contributed by atoms with Gasteiger partial charge in [-0.1, -0.05) is 44.2 Å². The van der Waals surface area contributed by atoms with Crippen molar-refractivity contribution in [2.24, 2.45) is 0 Å². The number of piperazine rings is 1. The molecule has 1 atom stereocenters. The SMILES string of the molecule is CCC(CC)N1CCN(C(=O)CCC(O)(Cc2ccccc2)C2=COCO2)CC1. The lowest BCUT2D eigenvalue weighted by atomic mass is 9.88. The number of hydrogen-bond donors (Lipinski definition) is 1. The molecule has 1 saturated heterocycles. The topological polar surface area (TPSA) is 62.2 Å². The number of carbonyl (C=O) groups is 1. The maximum absolute atomic E-state index is 12.8. The molecular formula is C23H34N2O4. The zero-order chi connectivity index (χ0) is 20.7. The maximum atomic E-state index is 12.8. The summed E-state index contributed by atoms with van der Waals surface area (Å²) in [6.45, 7) is 7.93. The predicted molar refractivity (Wildman–Crippen MR) is 112 cm³/mol. The zero-order valence-electron chi connectivity index (χ0n) is 17.7. The zero-order valence-corrected chi connectivity index (χ0v) is 17.7. The van der Waals surface area contributed by atoms with Crippen LogP contribution in [-0.4, -0.2) is 65.4 Å². The lowest BCUT2D eigenvalue weighted by molar-refractivity contribution is -0.134. The fraction of sp³-hybridized carbons (Fsp3) is 0.609. The third-order valence-electron chi connectivity index (χ3n) is 6.15. The Morgan fingerprint density at radius 2 is 1.83 bits per heavy atom. The Balaban J connectivity index is 1.57. The average Bonchev–Trinajstić information content (AvgIpc) is 3.30. The number of ether oxygens (including phenoxy) is 2. The smallest absolute Gasteiger partial charge is 0.230 e. The van der Waals surface area contributed by atoms with E-state index in [0.29, 0.717) is 24.6 Å². The molecule has 3 rings (SSSR count). The molecule has 1 fully saturated rings. The monoisotopic (exact) mass is 402 g/mol. The van der Waals surface area contributed by atoms with Crippen LogP contribution in [0.1, 0.15) is 45.1 Å². The molecule has 0 bridgehead atoms. The number of rotatable bonds is 9. The van der Waals surface area contributed by atoms with Gasteiger partial charge in [-0.15, -0.1) is 0 Å². The van der Waals surface area contributed by atoms with Crippen LogP contribution in [0.2, 0.25) is 0 Å². The number of nitrogens with zero attached hydrogens (tertiary/aromatic N) is 2. The third-order valence-corrected chi connectivity index (χ3v) is 6.15. The summed E-state index contributed by atoms with van der Waals surface area (Å²) in [5, 5.41) is 11.3. The Morgan fingerprint density at radius 3 is 2.41 bits per heavy atom. The Labute approximate surface area is 174 Å². The molecule has 0 aliphatic carbocycles. The molecule has 2 aliphatic rings. The minimum absolute atomic E-state index is 0.0974. The summed E-state index contributed by atoms with van der Waals surface area (Å²) >= 11 is 0. The van der Waals surface area contributed by atoms with Crippen molar-refractivity contribution in [3.63, 3.8) is 0 Å². The van der Waals surface area contributed by atoms with Crippen molar-refractivity contribution in [3.8, 4) is 0 Å². The molecule has 2 aliphatic heterocycles. The second kappa shape index (κ2) is 10.1. The predicted octanol–water partition coefficient (Wildman–Crippen LogP) is 2.92. The third kappa shape index (κ3) is 5.52. The fourth-order valence-electron chi connectivity index (χ4n) is 4.33. The van der Waals surface area contributed by atoms with Gasteiger partial charge >= 0.3 is 0 Å². The van der Waals surface area contributed by atoms with Gasteiger partial charge in [0.25, 0.3) is 0 Å². The van der Waals surface area contributed by atoms with Crippen molar-refractivity contribution >= 4 is 5.91 Å². The molecule has 0 radical (unpaired) electrons. The molecule has 1 aromatic carbocycles. The van der Waals surface area contributed by atoms with E-state index in [2.05, 4.69) is 18.7 Å². The molecule has 160 valence electrons. The van der Waals surface area contributed by atoms with Crippen LogP contribution in [0, 0.1) is 0 Å². The molecule has 0 spiro atoms. The molecule has 29 heavy (non-hydrogen) atoms. The Kier molecular flexibility index (Phi) is 7.56. The van der Waals surface area contributed by atoms with E-state index in [0.717, 1.165) is 44.6 Å². The largest absolute Gasteiger partial charge is 0.461 e. The molecule has 1 N–H and O–H groups in total. The van der Waals surface area contributed by atoms with Gasteiger partial charge in [0.15, 0.2) is 5.76 Å². The molecule has 0 saturated carbocycles. The van der Waals surface area contributed by atoms with Gasteiger partial charge in [0, 0.05) is 45.1 Å². The molecular weight excluding hydrogens is 368 g/mol. The van der Waals surface area contributed by atoms with E-state index < -0.39 is 5.60 Å². The van der Waals surface area contributed by atoms with Crippen molar-refractivity contribution in [1.82, 2.24) is 9.80 Å². The average molecular weight is 403 g/mol. The summed E-state index contributed by atoms with van der Waals surface area (Å²) in [7, 11) is 0. The summed E-state index contributed by atoms with van der Waals surface area (Å²) in [5.74, 6) is 0.507. The lowest BCUT2D eigenvalue weighted by Gasteiger charge is -2.39. The second-order valence-corrected chi connectivity index (χ2v) is 7.99. The van der Waals surface area contributed by atoms with E-state index in [1.54, 1.807) is 0 Å². The molecule has 6 nitrogen and oxygen atoms in total. The van der Waals surface area contributed by atoms with Crippen LogP contribution < -0.4 is 0 Å². The maximum Gasteiger partial charge on any atom is 0.230 e. The van der Waals surface area contributed by atoms with Gasteiger partial charge in [-0.3, -0.25) is 9.69 Å². The van der Waals surface area contributed by atoms with Crippen molar-refractivity contribution in [2.45, 2.75) is 57.6 Å². The van der Waals surface area contributed by atoms with Gasteiger partial charge < -0.3 is 19.5 Å². The van der Waals surface area contributed by atoms with Crippen LogP contribution in [0.5, 0.6) is 0 Å². The highest BCUT2D eigenvalue weighted by molar-refractivity contribution is 5.76. The summed E-state index contributed by atoms with van der Waals surface area (Å²) < 4.78 is 10.7. The van der Waals surface area contributed by atoms with Crippen molar-refractivity contribution in [2.75, 3.05) is 33.0 Å². The van der Waals surface area contributed by atoms with Crippen molar-refractivity contribution in [3.05, 3.63) is 47.9 Å². The molecule has 1 unspecified atom stereocenters. The van der Waals surface area contributed by atoms with Crippen LogP contribution >= 0.6 is 0 Å². The van der Waals surface area contributed by atoms with Crippen molar-refractivity contribution < 1.29 is 19.4 Å². The minimum Gasteiger partial charge on any atom is -0.461 e. The van der Waals surface area contributed by atoms with Gasteiger partial charge in [0.1, 0.15) is 11.9 Å². The van der Waals surface area contributed by atoms with Crippen LogP contribution in [0.4, 0.5) is 0 Å². The van der Waals surface area contributed by atoms with Gasteiger partial charge in [0.2, 0.25) is 12.7 Å².